The molecule has 0 fully saturated rings. The van der Waals surface area contributed by atoms with Gasteiger partial charge in [-0.1, -0.05) is 68.2 Å². The molecule has 140 valence electrons. The molecule has 0 N–H and O–H groups in total. The van der Waals surface area contributed by atoms with Crippen LogP contribution in [0.25, 0.3) is 0 Å². The SMILES string of the molecule is CCCC(C)C(CCC(C)C)OC(CCC(C)C)C(C)CCC. The Morgan fingerprint density at radius 2 is 0.870 bits per heavy atom. The van der Waals surface area contributed by atoms with Gasteiger partial charge in [-0.25, -0.2) is 0 Å². The highest BCUT2D eigenvalue weighted by molar-refractivity contribution is 4.74. The first-order chi connectivity index (χ1) is 10.8. The molecule has 0 saturated carbocycles. The third-order valence-electron chi connectivity index (χ3n) is 5.16. The van der Waals surface area contributed by atoms with E-state index < -0.39 is 0 Å². The van der Waals surface area contributed by atoms with E-state index in [1.165, 1.54) is 51.4 Å². The lowest BCUT2D eigenvalue weighted by Crippen LogP contribution is -2.32. The molecular formula is C22H46O. The third kappa shape index (κ3) is 11.2. The van der Waals surface area contributed by atoms with Crippen LogP contribution < -0.4 is 0 Å². The zero-order valence-electron chi connectivity index (χ0n) is 17.5. The molecule has 0 heterocycles. The van der Waals surface area contributed by atoms with Crippen LogP contribution >= 0.6 is 0 Å². The Labute approximate surface area is 148 Å². The summed E-state index contributed by atoms with van der Waals surface area (Å²) in [7, 11) is 0. The molecule has 0 aromatic heterocycles. The summed E-state index contributed by atoms with van der Waals surface area (Å²) in [5, 5.41) is 0. The van der Waals surface area contributed by atoms with Crippen molar-refractivity contribution in [3.8, 4) is 0 Å². The Kier molecular flexibility index (Phi) is 13.3. The van der Waals surface area contributed by atoms with Gasteiger partial charge in [0.25, 0.3) is 0 Å². The van der Waals surface area contributed by atoms with Gasteiger partial charge in [0.05, 0.1) is 12.2 Å². The van der Waals surface area contributed by atoms with Crippen molar-refractivity contribution in [3.63, 3.8) is 0 Å². The second kappa shape index (κ2) is 13.3. The van der Waals surface area contributed by atoms with Gasteiger partial charge in [0, 0.05) is 0 Å². The molecule has 0 aromatic carbocycles. The van der Waals surface area contributed by atoms with Crippen molar-refractivity contribution >= 4 is 0 Å². The van der Waals surface area contributed by atoms with Crippen molar-refractivity contribution in [2.75, 3.05) is 0 Å². The number of rotatable bonds is 14. The zero-order valence-corrected chi connectivity index (χ0v) is 17.5. The van der Waals surface area contributed by atoms with E-state index in [2.05, 4.69) is 55.4 Å². The van der Waals surface area contributed by atoms with Gasteiger partial charge in [0.1, 0.15) is 0 Å². The summed E-state index contributed by atoms with van der Waals surface area (Å²) in [5.41, 5.74) is 0. The van der Waals surface area contributed by atoms with E-state index in [9.17, 15) is 0 Å². The summed E-state index contributed by atoms with van der Waals surface area (Å²) in [6.07, 6.45) is 11.1. The predicted molar refractivity (Wildman–Crippen MR) is 105 cm³/mol. The fourth-order valence-electron chi connectivity index (χ4n) is 3.48. The molecule has 1 nitrogen and oxygen atoms in total. The van der Waals surface area contributed by atoms with E-state index in [1.54, 1.807) is 0 Å². The van der Waals surface area contributed by atoms with E-state index in [-0.39, 0.29) is 0 Å². The third-order valence-corrected chi connectivity index (χ3v) is 5.16. The van der Waals surface area contributed by atoms with Crippen LogP contribution in [0.4, 0.5) is 0 Å². The fraction of sp³-hybridized carbons (Fsp3) is 1.00. The van der Waals surface area contributed by atoms with Gasteiger partial charge in [-0.05, 0) is 62.2 Å². The van der Waals surface area contributed by atoms with Gasteiger partial charge in [-0.3, -0.25) is 0 Å². The van der Waals surface area contributed by atoms with Crippen LogP contribution in [0.1, 0.15) is 107 Å². The summed E-state index contributed by atoms with van der Waals surface area (Å²) < 4.78 is 6.78. The molecule has 0 aliphatic rings. The topological polar surface area (TPSA) is 9.23 Å². The molecule has 23 heavy (non-hydrogen) atoms. The van der Waals surface area contributed by atoms with Crippen LogP contribution in [0.15, 0.2) is 0 Å². The van der Waals surface area contributed by atoms with Crippen molar-refractivity contribution in [3.05, 3.63) is 0 Å². The van der Waals surface area contributed by atoms with Crippen LogP contribution in [-0.4, -0.2) is 12.2 Å². The fourth-order valence-corrected chi connectivity index (χ4v) is 3.48. The maximum Gasteiger partial charge on any atom is 0.0604 e. The molecule has 4 atom stereocenters. The zero-order chi connectivity index (χ0) is 17.8. The van der Waals surface area contributed by atoms with Gasteiger partial charge in [-0.2, -0.15) is 0 Å². The van der Waals surface area contributed by atoms with Crippen molar-refractivity contribution in [1.82, 2.24) is 0 Å². The van der Waals surface area contributed by atoms with Gasteiger partial charge < -0.3 is 4.74 Å². The summed E-state index contributed by atoms with van der Waals surface area (Å²) >= 11 is 0. The van der Waals surface area contributed by atoms with Gasteiger partial charge in [0.2, 0.25) is 0 Å². The van der Waals surface area contributed by atoms with Crippen LogP contribution in [-0.2, 0) is 4.74 Å². The minimum Gasteiger partial charge on any atom is -0.374 e. The predicted octanol–water partition coefficient (Wildman–Crippen LogP) is 7.49. The standard InChI is InChI=1S/C22H46O/c1-9-11-19(7)21(15-13-17(3)4)23-22(16-14-18(5)6)20(8)12-10-2/h17-22H,9-16H2,1-8H3. The van der Waals surface area contributed by atoms with Crippen LogP contribution in [0, 0.1) is 23.7 Å². The number of ether oxygens (including phenoxy) is 1. The average Bonchev–Trinajstić information content (AvgIpc) is 2.46. The Morgan fingerprint density at radius 3 is 1.13 bits per heavy atom. The smallest absolute Gasteiger partial charge is 0.0604 e. The Bertz CT molecular complexity index is 233. The van der Waals surface area contributed by atoms with Crippen LogP contribution in [0.2, 0.25) is 0 Å². The van der Waals surface area contributed by atoms with Gasteiger partial charge in [-0.15, -0.1) is 0 Å². The Hall–Kier alpha value is -0.0400. The summed E-state index contributed by atoms with van der Waals surface area (Å²) in [6.45, 7) is 18.7. The molecule has 1 heteroatoms. The highest BCUT2D eigenvalue weighted by Crippen LogP contribution is 2.28. The molecule has 0 bridgehead atoms. The summed E-state index contributed by atoms with van der Waals surface area (Å²) in [6, 6.07) is 0. The molecule has 4 unspecified atom stereocenters. The number of hydrogen-bond acceptors (Lipinski definition) is 1. The quantitative estimate of drug-likeness (QED) is 0.321. The highest BCUT2D eigenvalue weighted by Gasteiger charge is 2.25. The average molecular weight is 327 g/mol. The maximum atomic E-state index is 6.78. The summed E-state index contributed by atoms with van der Waals surface area (Å²) in [5.74, 6) is 2.93. The highest BCUT2D eigenvalue weighted by atomic mass is 16.5. The number of hydrogen-bond donors (Lipinski definition) is 0. The van der Waals surface area contributed by atoms with Crippen LogP contribution in [0.5, 0.6) is 0 Å². The minimum absolute atomic E-state index is 0.453. The molecule has 0 aromatic rings. The molecule has 0 aliphatic carbocycles. The van der Waals surface area contributed by atoms with Crippen molar-refractivity contribution in [2.45, 2.75) is 119 Å². The minimum atomic E-state index is 0.453. The maximum absolute atomic E-state index is 6.78. The van der Waals surface area contributed by atoms with E-state index >= 15 is 0 Å². The molecule has 0 spiro atoms. The molecule has 0 rings (SSSR count). The van der Waals surface area contributed by atoms with E-state index in [0.717, 1.165) is 11.8 Å². The van der Waals surface area contributed by atoms with E-state index in [4.69, 9.17) is 4.74 Å². The van der Waals surface area contributed by atoms with Crippen molar-refractivity contribution < 1.29 is 4.74 Å². The first kappa shape index (κ1) is 23.0. The molecule has 0 saturated heterocycles. The Balaban J connectivity index is 4.83. The largest absolute Gasteiger partial charge is 0.374 e. The molecule has 0 radical (unpaired) electrons. The van der Waals surface area contributed by atoms with Gasteiger partial charge in [0.15, 0.2) is 0 Å². The van der Waals surface area contributed by atoms with Crippen molar-refractivity contribution in [2.24, 2.45) is 23.7 Å². The summed E-state index contributed by atoms with van der Waals surface area (Å²) in [4.78, 5) is 0. The Morgan fingerprint density at radius 1 is 0.522 bits per heavy atom. The first-order valence-electron chi connectivity index (χ1n) is 10.5. The molecule has 0 amide bonds. The van der Waals surface area contributed by atoms with Crippen molar-refractivity contribution in [1.29, 1.82) is 0 Å². The first-order valence-corrected chi connectivity index (χ1v) is 10.5. The molecule has 0 aliphatic heterocycles. The van der Waals surface area contributed by atoms with Crippen LogP contribution in [0.3, 0.4) is 0 Å². The lowest BCUT2D eigenvalue weighted by atomic mass is 9.90. The second-order valence-electron chi connectivity index (χ2n) is 8.69. The lowest BCUT2D eigenvalue weighted by Gasteiger charge is -2.33. The normalized spacial score (nSPS) is 17.5. The van der Waals surface area contributed by atoms with E-state index in [1.807, 2.05) is 0 Å². The van der Waals surface area contributed by atoms with Gasteiger partial charge >= 0.3 is 0 Å². The van der Waals surface area contributed by atoms with E-state index in [0.29, 0.717) is 24.0 Å². The lowest BCUT2D eigenvalue weighted by molar-refractivity contribution is -0.0757. The molecular weight excluding hydrogens is 280 g/mol. The monoisotopic (exact) mass is 326 g/mol. The second-order valence-corrected chi connectivity index (χ2v) is 8.69.